The molecule has 0 atom stereocenters. The zero-order valence-electron chi connectivity index (χ0n) is 14.1. The maximum Gasteiger partial charge on any atom is 0.261 e. The van der Waals surface area contributed by atoms with E-state index in [-0.39, 0.29) is 5.56 Å². The van der Waals surface area contributed by atoms with Crippen molar-refractivity contribution in [1.29, 1.82) is 0 Å². The van der Waals surface area contributed by atoms with Gasteiger partial charge in [0.25, 0.3) is 5.56 Å². The Morgan fingerprint density at radius 2 is 1.88 bits per heavy atom. The van der Waals surface area contributed by atoms with E-state index in [2.05, 4.69) is 40.7 Å². The van der Waals surface area contributed by atoms with Gasteiger partial charge in [0, 0.05) is 25.2 Å². The number of nitrogens with zero attached hydrogens (tertiary/aromatic N) is 2. The zero-order valence-corrected chi connectivity index (χ0v) is 14.1. The molecule has 124 valence electrons. The number of nitrogens with one attached hydrogen (secondary N) is 1. The summed E-state index contributed by atoms with van der Waals surface area (Å²) in [6.45, 7) is 1.41. The number of rotatable bonds is 2. The van der Waals surface area contributed by atoms with Crippen LogP contribution in [0.4, 0.5) is 5.69 Å². The predicted molar refractivity (Wildman–Crippen MR) is 106 cm³/mol. The topological polar surface area (TPSA) is 46.4 Å². The van der Waals surface area contributed by atoms with E-state index in [1.165, 1.54) is 0 Å². The quantitative estimate of drug-likeness (QED) is 0.731. The van der Waals surface area contributed by atoms with Crippen molar-refractivity contribution in [2.24, 2.45) is 12.0 Å². The van der Waals surface area contributed by atoms with Gasteiger partial charge in [-0.15, -0.1) is 0 Å². The molecule has 0 unspecified atom stereocenters. The van der Waals surface area contributed by atoms with Crippen LogP contribution in [0.3, 0.4) is 0 Å². The molecule has 0 saturated carbocycles. The van der Waals surface area contributed by atoms with E-state index in [0.717, 1.165) is 34.3 Å². The van der Waals surface area contributed by atoms with Crippen molar-refractivity contribution in [2.75, 3.05) is 18.4 Å². The summed E-state index contributed by atoms with van der Waals surface area (Å²) >= 11 is 0. The van der Waals surface area contributed by atoms with Crippen molar-refractivity contribution in [3.05, 3.63) is 75.6 Å². The largest absolute Gasteiger partial charge is 0.382 e. The maximum atomic E-state index is 12.6. The molecule has 1 aliphatic rings. The molecule has 0 radical (unpaired) electrons. The first-order valence-corrected chi connectivity index (χ1v) is 8.37. The van der Waals surface area contributed by atoms with Gasteiger partial charge in [0.05, 0.1) is 23.3 Å². The fourth-order valence-electron chi connectivity index (χ4n) is 3.16. The monoisotopic (exact) mass is 329 g/mol. The summed E-state index contributed by atoms with van der Waals surface area (Å²) < 4.78 is 1.69. The number of aliphatic imine (C=N–C) groups is 1. The molecule has 0 amide bonds. The number of aryl methyl sites for hydroxylation is 1. The van der Waals surface area contributed by atoms with Crippen LogP contribution in [0.5, 0.6) is 0 Å². The first-order valence-electron chi connectivity index (χ1n) is 8.37. The van der Waals surface area contributed by atoms with Crippen LogP contribution in [-0.4, -0.2) is 23.9 Å². The molecule has 3 aromatic rings. The molecule has 0 aliphatic carbocycles. The number of benzene rings is 2. The molecule has 1 aromatic heterocycles. The summed E-state index contributed by atoms with van der Waals surface area (Å²) in [7, 11) is 1.81. The van der Waals surface area contributed by atoms with E-state index in [1.807, 2.05) is 37.4 Å². The Kier molecular flexibility index (Phi) is 3.94. The second-order valence-electron chi connectivity index (χ2n) is 6.14. The van der Waals surface area contributed by atoms with E-state index in [0.29, 0.717) is 12.1 Å². The van der Waals surface area contributed by atoms with Gasteiger partial charge in [0.1, 0.15) is 0 Å². The molecule has 1 aliphatic heterocycles. The van der Waals surface area contributed by atoms with Gasteiger partial charge < -0.3 is 9.88 Å². The number of hydrogen-bond acceptors (Lipinski definition) is 3. The molecule has 4 rings (SSSR count). The minimum Gasteiger partial charge on any atom is -0.382 e. The van der Waals surface area contributed by atoms with Gasteiger partial charge in [-0.25, -0.2) is 0 Å². The summed E-state index contributed by atoms with van der Waals surface area (Å²) in [5.41, 5.74) is 4.68. The van der Waals surface area contributed by atoms with E-state index >= 15 is 0 Å². The molecule has 1 N–H and O–H groups in total. The SMILES string of the molecule is Cn1c(=O)c2c(c3cc(C=Cc4ccccc4)ccc31)NCCN=C2. The lowest BCUT2D eigenvalue weighted by Gasteiger charge is -2.14. The van der Waals surface area contributed by atoms with Crippen LogP contribution in [-0.2, 0) is 7.05 Å². The van der Waals surface area contributed by atoms with Crippen molar-refractivity contribution in [3.63, 3.8) is 0 Å². The highest BCUT2D eigenvalue weighted by atomic mass is 16.1. The normalized spacial score (nSPS) is 13.6. The molecule has 4 nitrogen and oxygen atoms in total. The van der Waals surface area contributed by atoms with Gasteiger partial charge in [0.2, 0.25) is 0 Å². The van der Waals surface area contributed by atoms with Crippen molar-refractivity contribution in [3.8, 4) is 0 Å². The third kappa shape index (κ3) is 2.87. The average molecular weight is 329 g/mol. The number of fused-ring (bicyclic) bond motifs is 3. The first-order chi connectivity index (χ1) is 12.2. The number of pyridine rings is 1. The smallest absolute Gasteiger partial charge is 0.261 e. The fraction of sp³-hybridized carbons (Fsp3) is 0.143. The van der Waals surface area contributed by atoms with Crippen LogP contribution in [0.15, 0.2) is 58.3 Å². The highest BCUT2D eigenvalue weighted by molar-refractivity contribution is 6.02. The van der Waals surface area contributed by atoms with Crippen LogP contribution >= 0.6 is 0 Å². The Hall–Kier alpha value is -3.14. The molecule has 0 fully saturated rings. The van der Waals surface area contributed by atoms with Gasteiger partial charge in [-0.1, -0.05) is 48.6 Å². The highest BCUT2D eigenvalue weighted by Gasteiger charge is 2.15. The van der Waals surface area contributed by atoms with Gasteiger partial charge >= 0.3 is 0 Å². The van der Waals surface area contributed by atoms with Crippen LogP contribution in [0, 0.1) is 0 Å². The molecular weight excluding hydrogens is 310 g/mol. The van der Waals surface area contributed by atoms with Crippen molar-refractivity contribution in [2.45, 2.75) is 0 Å². The predicted octanol–water partition coefficient (Wildman–Crippen LogP) is 3.55. The van der Waals surface area contributed by atoms with E-state index in [4.69, 9.17) is 0 Å². The number of aromatic nitrogens is 1. The third-order valence-corrected chi connectivity index (χ3v) is 4.49. The molecule has 0 bridgehead atoms. The molecular formula is C21H19N3O. The zero-order chi connectivity index (χ0) is 17.2. The first kappa shape index (κ1) is 15.4. The lowest BCUT2D eigenvalue weighted by atomic mass is 10.0. The van der Waals surface area contributed by atoms with Crippen molar-refractivity contribution < 1.29 is 0 Å². The summed E-state index contributed by atoms with van der Waals surface area (Å²) in [5.74, 6) is 0. The number of hydrogen-bond donors (Lipinski definition) is 1. The average Bonchev–Trinajstić information content (AvgIpc) is 2.91. The minimum absolute atomic E-state index is 0.0202. The third-order valence-electron chi connectivity index (χ3n) is 4.49. The van der Waals surface area contributed by atoms with E-state index in [1.54, 1.807) is 10.8 Å². The van der Waals surface area contributed by atoms with E-state index in [9.17, 15) is 4.79 Å². The fourth-order valence-corrected chi connectivity index (χ4v) is 3.16. The van der Waals surface area contributed by atoms with Gasteiger partial charge in [0.15, 0.2) is 0 Å². The summed E-state index contributed by atoms with van der Waals surface area (Å²) in [4.78, 5) is 16.9. The molecule has 25 heavy (non-hydrogen) atoms. The van der Waals surface area contributed by atoms with E-state index < -0.39 is 0 Å². The maximum absolute atomic E-state index is 12.6. The van der Waals surface area contributed by atoms with Crippen LogP contribution in [0.2, 0.25) is 0 Å². The Morgan fingerprint density at radius 3 is 2.72 bits per heavy atom. The van der Waals surface area contributed by atoms with Crippen LogP contribution in [0.1, 0.15) is 16.7 Å². The van der Waals surface area contributed by atoms with Crippen LogP contribution in [0.25, 0.3) is 23.1 Å². The Labute approximate surface area is 146 Å². The highest BCUT2D eigenvalue weighted by Crippen LogP contribution is 2.27. The number of anilines is 1. The summed E-state index contributed by atoms with van der Waals surface area (Å²) in [6.07, 6.45) is 5.89. The molecule has 0 spiro atoms. The standard InChI is InChI=1S/C21H19N3O/c1-24-19-10-9-16(8-7-15-5-3-2-4-6-15)13-17(19)20-18(21(24)25)14-22-11-12-23-20/h2-10,13-14,23H,11-12H2,1H3. The van der Waals surface area contributed by atoms with Crippen molar-refractivity contribution >= 4 is 35.0 Å². The minimum atomic E-state index is -0.0202. The molecule has 2 aromatic carbocycles. The second-order valence-corrected chi connectivity index (χ2v) is 6.14. The summed E-state index contributed by atoms with van der Waals surface area (Å²) in [6, 6.07) is 16.4. The van der Waals surface area contributed by atoms with Gasteiger partial charge in [-0.2, -0.15) is 0 Å². The Balaban J connectivity index is 1.87. The molecule has 4 heteroatoms. The molecule has 2 heterocycles. The van der Waals surface area contributed by atoms with Crippen molar-refractivity contribution in [1.82, 2.24) is 4.57 Å². The van der Waals surface area contributed by atoms with Gasteiger partial charge in [-0.3, -0.25) is 9.79 Å². The van der Waals surface area contributed by atoms with Crippen LogP contribution < -0.4 is 10.9 Å². The summed E-state index contributed by atoms with van der Waals surface area (Å²) in [5, 5.41) is 4.42. The Bertz CT molecular complexity index is 1050. The lowest BCUT2D eigenvalue weighted by Crippen LogP contribution is -2.23. The lowest BCUT2D eigenvalue weighted by molar-refractivity contribution is 0.904. The molecule has 0 saturated heterocycles. The second kappa shape index (κ2) is 6.40. The van der Waals surface area contributed by atoms with Gasteiger partial charge in [-0.05, 0) is 23.3 Å². The Morgan fingerprint density at radius 1 is 1.08 bits per heavy atom.